The average molecular weight is 189 g/mol. The molecule has 2 heterocycles. The summed E-state index contributed by atoms with van der Waals surface area (Å²) < 4.78 is 4.87. The Labute approximate surface area is 79.8 Å². The van der Waals surface area contributed by atoms with Crippen molar-refractivity contribution in [3.05, 3.63) is 42.7 Å². The summed E-state index contributed by atoms with van der Waals surface area (Å²) in [4.78, 5) is 19.0. The molecule has 0 bridgehead atoms. The zero-order valence-corrected chi connectivity index (χ0v) is 7.18. The van der Waals surface area contributed by atoms with E-state index in [0.29, 0.717) is 11.4 Å². The molecule has 5 heteroatoms. The van der Waals surface area contributed by atoms with Gasteiger partial charge in [0.05, 0.1) is 6.20 Å². The lowest BCUT2D eigenvalue weighted by Gasteiger charge is -1.99. The number of carbonyl (C=O) groups excluding carboxylic acids is 1. The first-order chi connectivity index (χ1) is 6.86. The lowest BCUT2D eigenvalue weighted by atomic mass is 10.2. The van der Waals surface area contributed by atoms with Crippen LogP contribution in [0.3, 0.4) is 0 Å². The first-order valence-electron chi connectivity index (χ1n) is 3.96. The van der Waals surface area contributed by atoms with Crippen LogP contribution in [-0.4, -0.2) is 15.9 Å². The van der Waals surface area contributed by atoms with Crippen molar-refractivity contribution in [2.75, 3.05) is 5.32 Å². The van der Waals surface area contributed by atoms with Gasteiger partial charge in [0.1, 0.15) is 0 Å². The van der Waals surface area contributed by atoms with E-state index in [1.807, 2.05) is 0 Å². The van der Waals surface area contributed by atoms with Gasteiger partial charge in [-0.1, -0.05) is 0 Å². The number of aromatic nitrogens is 2. The summed E-state index contributed by atoms with van der Waals surface area (Å²) >= 11 is 0. The molecule has 1 N–H and O–H groups in total. The third-order valence-electron chi connectivity index (χ3n) is 1.61. The molecule has 0 saturated carbocycles. The maximum atomic E-state index is 11.5. The highest BCUT2D eigenvalue weighted by Gasteiger charge is 2.06. The largest absolute Gasteiger partial charge is 0.428 e. The number of oxazole rings is 1. The molecule has 2 aromatic heterocycles. The minimum atomic E-state index is -0.246. The van der Waals surface area contributed by atoms with E-state index < -0.39 is 0 Å². The molecule has 0 radical (unpaired) electrons. The van der Waals surface area contributed by atoms with E-state index in [4.69, 9.17) is 4.42 Å². The topological polar surface area (TPSA) is 68.0 Å². The predicted octanol–water partition coefficient (Wildman–Crippen LogP) is 1.32. The Balaban J connectivity index is 2.11. The van der Waals surface area contributed by atoms with E-state index >= 15 is 0 Å². The molecular formula is C9H7N3O2. The third-order valence-corrected chi connectivity index (χ3v) is 1.61. The van der Waals surface area contributed by atoms with Crippen molar-refractivity contribution in [2.45, 2.75) is 0 Å². The van der Waals surface area contributed by atoms with E-state index in [0.717, 1.165) is 0 Å². The molecular weight excluding hydrogens is 182 g/mol. The van der Waals surface area contributed by atoms with Crippen LogP contribution in [0.15, 0.2) is 41.5 Å². The Bertz CT molecular complexity index is 411. The first-order valence-corrected chi connectivity index (χ1v) is 3.96. The van der Waals surface area contributed by atoms with Gasteiger partial charge < -0.3 is 4.42 Å². The molecule has 0 spiro atoms. The van der Waals surface area contributed by atoms with Crippen molar-refractivity contribution in [3.63, 3.8) is 0 Å². The zero-order chi connectivity index (χ0) is 9.80. The van der Waals surface area contributed by atoms with Gasteiger partial charge in [-0.15, -0.1) is 0 Å². The highest BCUT2D eigenvalue weighted by atomic mass is 16.4. The van der Waals surface area contributed by atoms with Gasteiger partial charge in [0, 0.05) is 18.0 Å². The number of hydrogen-bond donors (Lipinski definition) is 1. The Morgan fingerprint density at radius 3 is 2.71 bits per heavy atom. The highest BCUT2D eigenvalue weighted by molar-refractivity contribution is 6.03. The summed E-state index contributed by atoms with van der Waals surface area (Å²) in [6.45, 7) is 0. The number of pyridine rings is 1. The van der Waals surface area contributed by atoms with E-state index in [-0.39, 0.29) is 5.91 Å². The fourth-order valence-electron chi connectivity index (χ4n) is 0.965. The quantitative estimate of drug-likeness (QED) is 0.773. The maximum Gasteiger partial charge on any atom is 0.258 e. The Morgan fingerprint density at radius 1 is 1.29 bits per heavy atom. The molecule has 0 aromatic carbocycles. The SMILES string of the molecule is O=C(Nc1cnco1)c1ccncc1. The second-order valence-electron chi connectivity index (χ2n) is 2.56. The molecule has 0 unspecified atom stereocenters. The first kappa shape index (κ1) is 8.43. The van der Waals surface area contributed by atoms with Crippen LogP contribution in [-0.2, 0) is 0 Å². The van der Waals surface area contributed by atoms with E-state index in [1.54, 1.807) is 24.5 Å². The third kappa shape index (κ3) is 1.77. The predicted molar refractivity (Wildman–Crippen MR) is 48.7 cm³/mol. The minimum Gasteiger partial charge on any atom is -0.428 e. The molecule has 0 aliphatic carbocycles. The molecule has 1 amide bonds. The van der Waals surface area contributed by atoms with Crippen LogP contribution in [0.5, 0.6) is 0 Å². The summed E-state index contributed by atoms with van der Waals surface area (Å²) in [5.41, 5.74) is 0.524. The number of carbonyl (C=O) groups is 1. The van der Waals surface area contributed by atoms with Crippen LogP contribution in [0.2, 0.25) is 0 Å². The van der Waals surface area contributed by atoms with Crippen LogP contribution >= 0.6 is 0 Å². The number of nitrogens with one attached hydrogen (secondary N) is 1. The lowest BCUT2D eigenvalue weighted by molar-refractivity contribution is 0.102. The van der Waals surface area contributed by atoms with Gasteiger partial charge >= 0.3 is 0 Å². The number of nitrogens with zero attached hydrogens (tertiary/aromatic N) is 2. The number of amides is 1. The number of anilines is 1. The molecule has 2 rings (SSSR count). The molecule has 0 fully saturated rings. The van der Waals surface area contributed by atoms with Crippen molar-refractivity contribution in [1.82, 2.24) is 9.97 Å². The monoisotopic (exact) mass is 189 g/mol. The van der Waals surface area contributed by atoms with Crippen molar-refractivity contribution < 1.29 is 9.21 Å². The smallest absolute Gasteiger partial charge is 0.258 e. The Hall–Kier alpha value is -2.17. The van der Waals surface area contributed by atoms with E-state index in [2.05, 4.69) is 15.3 Å². The molecule has 0 aliphatic heterocycles. The molecule has 70 valence electrons. The van der Waals surface area contributed by atoms with Gasteiger partial charge in [-0.05, 0) is 12.1 Å². The standard InChI is InChI=1S/C9H7N3O2/c13-9(7-1-3-10-4-2-7)12-8-5-11-6-14-8/h1-6H,(H,12,13). The van der Waals surface area contributed by atoms with Crippen LogP contribution in [0, 0.1) is 0 Å². The van der Waals surface area contributed by atoms with Crippen LogP contribution in [0.25, 0.3) is 0 Å². The van der Waals surface area contributed by atoms with Crippen LogP contribution in [0.4, 0.5) is 5.88 Å². The van der Waals surface area contributed by atoms with Crippen molar-refractivity contribution >= 4 is 11.8 Å². The van der Waals surface area contributed by atoms with Crippen molar-refractivity contribution in [3.8, 4) is 0 Å². The molecule has 2 aromatic rings. The fraction of sp³-hybridized carbons (Fsp3) is 0. The van der Waals surface area contributed by atoms with Gasteiger partial charge in [0.15, 0.2) is 6.39 Å². The maximum absolute atomic E-state index is 11.5. The number of hydrogen-bond acceptors (Lipinski definition) is 4. The molecule has 0 saturated heterocycles. The fourth-order valence-corrected chi connectivity index (χ4v) is 0.965. The van der Waals surface area contributed by atoms with Crippen LogP contribution in [0.1, 0.15) is 10.4 Å². The van der Waals surface area contributed by atoms with Crippen LogP contribution < -0.4 is 5.32 Å². The highest BCUT2D eigenvalue weighted by Crippen LogP contribution is 2.06. The summed E-state index contributed by atoms with van der Waals surface area (Å²) in [7, 11) is 0. The van der Waals surface area contributed by atoms with E-state index in [1.165, 1.54) is 12.6 Å². The van der Waals surface area contributed by atoms with Gasteiger partial charge in [-0.25, -0.2) is 4.98 Å². The van der Waals surface area contributed by atoms with Gasteiger partial charge in [0.25, 0.3) is 5.91 Å². The molecule has 5 nitrogen and oxygen atoms in total. The number of rotatable bonds is 2. The van der Waals surface area contributed by atoms with Gasteiger partial charge in [0.2, 0.25) is 5.88 Å². The van der Waals surface area contributed by atoms with Gasteiger partial charge in [-0.3, -0.25) is 15.1 Å². The van der Waals surface area contributed by atoms with Crippen molar-refractivity contribution in [2.24, 2.45) is 0 Å². The normalized spacial score (nSPS) is 9.71. The lowest BCUT2D eigenvalue weighted by Crippen LogP contribution is -2.10. The summed E-state index contributed by atoms with van der Waals surface area (Å²) in [6, 6.07) is 3.23. The molecule has 0 atom stereocenters. The summed E-state index contributed by atoms with van der Waals surface area (Å²) in [6.07, 6.45) is 5.78. The average Bonchev–Trinajstić information content (AvgIpc) is 2.72. The Morgan fingerprint density at radius 2 is 2.07 bits per heavy atom. The Kier molecular flexibility index (Phi) is 2.22. The van der Waals surface area contributed by atoms with Gasteiger partial charge in [-0.2, -0.15) is 0 Å². The summed E-state index contributed by atoms with van der Waals surface area (Å²) in [5.74, 6) is 0.0796. The summed E-state index contributed by atoms with van der Waals surface area (Å²) in [5, 5.41) is 2.54. The second kappa shape index (κ2) is 3.69. The second-order valence-corrected chi connectivity index (χ2v) is 2.56. The van der Waals surface area contributed by atoms with Crippen molar-refractivity contribution in [1.29, 1.82) is 0 Å². The van der Waals surface area contributed by atoms with E-state index in [9.17, 15) is 4.79 Å². The minimum absolute atomic E-state index is 0.246. The molecule has 0 aliphatic rings. The zero-order valence-electron chi connectivity index (χ0n) is 7.18. The molecule has 14 heavy (non-hydrogen) atoms.